The van der Waals surface area contributed by atoms with Gasteiger partial charge in [0.2, 0.25) is 5.91 Å². The number of rotatable bonds is 5. The molecule has 1 aromatic heterocycles. The Morgan fingerprint density at radius 1 is 1.12 bits per heavy atom. The predicted molar refractivity (Wildman–Crippen MR) is 95.7 cm³/mol. The number of benzene rings is 1. The third-order valence-electron chi connectivity index (χ3n) is 4.65. The Morgan fingerprint density at radius 2 is 1.76 bits per heavy atom. The topological polar surface area (TPSA) is 48.5 Å². The first-order valence-electron chi connectivity index (χ1n) is 8.54. The summed E-state index contributed by atoms with van der Waals surface area (Å²) in [4.78, 5) is 20.8. The molecule has 0 radical (unpaired) electrons. The van der Waals surface area contributed by atoms with Gasteiger partial charge in [-0.1, -0.05) is 0 Å². The van der Waals surface area contributed by atoms with E-state index in [2.05, 4.69) is 20.1 Å². The lowest BCUT2D eigenvalue weighted by molar-refractivity contribution is -0.126. The van der Waals surface area contributed by atoms with Crippen LogP contribution in [0.15, 0.2) is 48.8 Å². The quantitative estimate of drug-likeness (QED) is 0.903. The van der Waals surface area contributed by atoms with Crippen LogP contribution in [0.3, 0.4) is 0 Å². The minimum Gasteiger partial charge on any atom is -0.369 e. The van der Waals surface area contributed by atoms with Crippen LogP contribution in [-0.4, -0.2) is 48.0 Å². The van der Waals surface area contributed by atoms with E-state index in [-0.39, 0.29) is 17.8 Å². The molecule has 1 atom stereocenters. The molecule has 0 saturated carbocycles. The van der Waals surface area contributed by atoms with Gasteiger partial charge in [0.25, 0.3) is 0 Å². The van der Waals surface area contributed by atoms with Crippen molar-refractivity contribution in [2.75, 3.05) is 31.1 Å². The number of aromatic nitrogens is 1. The van der Waals surface area contributed by atoms with Crippen LogP contribution in [0.4, 0.5) is 10.1 Å². The van der Waals surface area contributed by atoms with E-state index in [1.807, 2.05) is 19.1 Å². The number of nitrogens with one attached hydrogen (secondary N) is 1. The maximum atomic E-state index is 13.0. The van der Waals surface area contributed by atoms with E-state index in [1.165, 1.54) is 12.1 Å². The van der Waals surface area contributed by atoms with E-state index in [0.29, 0.717) is 6.54 Å². The second-order valence-electron chi connectivity index (χ2n) is 6.25. The molecule has 5 nitrogen and oxygen atoms in total. The largest absolute Gasteiger partial charge is 0.369 e. The molecular formula is C19H23FN4O. The average molecular weight is 342 g/mol. The fraction of sp³-hybridized carbons (Fsp3) is 0.368. The van der Waals surface area contributed by atoms with Crippen LogP contribution in [0, 0.1) is 5.82 Å². The second-order valence-corrected chi connectivity index (χ2v) is 6.25. The standard InChI is InChI=1S/C19H23FN4O/c1-15(19(25)22-14-16-6-8-21-9-7-16)23-10-12-24(13-11-23)18-4-2-17(20)3-5-18/h2-9,15H,10-14H2,1H3,(H,22,25)/t15-/m1/s1. The summed E-state index contributed by atoms with van der Waals surface area (Å²) in [6.45, 7) is 5.72. The molecule has 1 saturated heterocycles. The summed E-state index contributed by atoms with van der Waals surface area (Å²) < 4.78 is 13.0. The third-order valence-corrected chi connectivity index (χ3v) is 4.65. The van der Waals surface area contributed by atoms with Crippen molar-refractivity contribution in [1.29, 1.82) is 0 Å². The lowest BCUT2D eigenvalue weighted by Crippen LogP contribution is -2.53. The van der Waals surface area contributed by atoms with Crippen molar-refractivity contribution in [2.45, 2.75) is 19.5 Å². The van der Waals surface area contributed by atoms with Crippen LogP contribution >= 0.6 is 0 Å². The molecule has 0 bridgehead atoms. The van der Waals surface area contributed by atoms with E-state index in [9.17, 15) is 9.18 Å². The lowest BCUT2D eigenvalue weighted by Gasteiger charge is -2.38. The Bertz CT molecular complexity index is 684. The van der Waals surface area contributed by atoms with E-state index in [1.54, 1.807) is 24.5 Å². The third kappa shape index (κ3) is 4.54. The molecule has 1 N–H and O–H groups in total. The average Bonchev–Trinajstić information content (AvgIpc) is 2.67. The number of hydrogen-bond donors (Lipinski definition) is 1. The molecule has 0 unspecified atom stereocenters. The molecule has 0 spiro atoms. The lowest BCUT2D eigenvalue weighted by atomic mass is 10.2. The van der Waals surface area contributed by atoms with Gasteiger partial charge in [-0.3, -0.25) is 14.7 Å². The zero-order valence-corrected chi connectivity index (χ0v) is 14.4. The van der Waals surface area contributed by atoms with E-state index in [0.717, 1.165) is 37.4 Å². The van der Waals surface area contributed by atoms with Gasteiger partial charge < -0.3 is 10.2 Å². The number of carbonyl (C=O) groups excluding carboxylic acids is 1. The van der Waals surface area contributed by atoms with Gasteiger partial charge in [-0.15, -0.1) is 0 Å². The Morgan fingerprint density at radius 3 is 2.40 bits per heavy atom. The van der Waals surface area contributed by atoms with Crippen molar-refractivity contribution in [2.24, 2.45) is 0 Å². The van der Waals surface area contributed by atoms with Crippen molar-refractivity contribution in [1.82, 2.24) is 15.2 Å². The van der Waals surface area contributed by atoms with Gasteiger partial charge in [-0.05, 0) is 48.9 Å². The number of halogens is 1. The zero-order valence-electron chi connectivity index (χ0n) is 14.4. The Labute approximate surface area is 147 Å². The molecule has 1 aromatic carbocycles. The molecule has 1 amide bonds. The minimum absolute atomic E-state index is 0.0343. The molecule has 1 aliphatic heterocycles. The van der Waals surface area contributed by atoms with Crippen LogP contribution in [0.5, 0.6) is 0 Å². The molecule has 25 heavy (non-hydrogen) atoms. The van der Waals surface area contributed by atoms with Gasteiger partial charge in [0, 0.05) is 50.8 Å². The fourth-order valence-corrected chi connectivity index (χ4v) is 3.02. The highest BCUT2D eigenvalue weighted by Gasteiger charge is 2.25. The smallest absolute Gasteiger partial charge is 0.237 e. The highest BCUT2D eigenvalue weighted by Crippen LogP contribution is 2.17. The van der Waals surface area contributed by atoms with Gasteiger partial charge in [0.15, 0.2) is 0 Å². The van der Waals surface area contributed by atoms with Gasteiger partial charge in [-0.25, -0.2) is 4.39 Å². The van der Waals surface area contributed by atoms with E-state index < -0.39 is 0 Å². The summed E-state index contributed by atoms with van der Waals surface area (Å²) in [7, 11) is 0. The van der Waals surface area contributed by atoms with Crippen molar-refractivity contribution in [3.8, 4) is 0 Å². The van der Waals surface area contributed by atoms with Crippen LogP contribution in [0.1, 0.15) is 12.5 Å². The van der Waals surface area contributed by atoms with Gasteiger partial charge in [0.05, 0.1) is 6.04 Å². The molecule has 0 aliphatic carbocycles. The fourth-order valence-electron chi connectivity index (χ4n) is 3.02. The first-order chi connectivity index (χ1) is 12.1. The summed E-state index contributed by atoms with van der Waals surface area (Å²) in [6.07, 6.45) is 3.44. The minimum atomic E-state index is -0.220. The number of pyridine rings is 1. The van der Waals surface area contributed by atoms with Crippen molar-refractivity contribution in [3.63, 3.8) is 0 Å². The number of amides is 1. The molecule has 132 valence electrons. The van der Waals surface area contributed by atoms with Crippen molar-refractivity contribution < 1.29 is 9.18 Å². The van der Waals surface area contributed by atoms with Crippen LogP contribution in [-0.2, 0) is 11.3 Å². The Kier molecular flexibility index (Phi) is 5.60. The molecule has 6 heteroatoms. The van der Waals surface area contributed by atoms with Crippen LogP contribution in [0.2, 0.25) is 0 Å². The maximum Gasteiger partial charge on any atom is 0.237 e. The van der Waals surface area contributed by atoms with Gasteiger partial charge in [-0.2, -0.15) is 0 Å². The van der Waals surface area contributed by atoms with Gasteiger partial charge >= 0.3 is 0 Å². The highest BCUT2D eigenvalue weighted by molar-refractivity contribution is 5.81. The monoisotopic (exact) mass is 342 g/mol. The number of piperazine rings is 1. The molecule has 2 heterocycles. The summed E-state index contributed by atoms with van der Waals surface area (Å²) in [5.41, 5.74) is 2.06. The normalized spacial score (nSPS) is 16.5. The molecular weight excluding hydrogens is 319 g/mol. The molecule has 1 fully saturated rings. The van der Waals surface area contributed by atoms with Crippen LogP contribution < -0.4 is 10.2 Å². The van der Waals surface area contributed by atoms with E-state index >= 15 is 0 Å². The summed E-state index contributed by atoms with van der Waals surface area (Å²) in [5, 5.41) is 2.98. The second kappa shape index (κ2) is 8.07. The maximum absolute atomic E-state index is 13.0. The molecule has 2 aromatic rings. The first-order valence-corrected chi connectivity index (χ1v) is 8.54. The summed E-state index contributed by atoms with van der Waals surface area (Å²) in [5.74, 6) is -0.186. The number of anilines is 1. The van der Waals surface area contributed by atoms with Gasteiger partial charge in [0.1, 0.15) is 5.82 Å². The van der Waals surface area contributed by atoms with Crippen LogP contribution in [0.25, 0.3) is 0 Å². The number of nitrogens with zero attached hydrogens (tertiary/aromatic N) is 3. The molecule has 3 rings (SSSR count). The Balaban J connectivity index is 1.48. The summed E-state index contributed by atoms with van der Waals surface area (Å²) in [6, 6.07) is 10.2. The summed E-state index contributed by atoms with van der Waals surface area (Å²) >= 11 is 0. The number of hydrogen-bond acceptors (Lipinski definition) is 4. The predicted octanol–water partition coefficient (Wildman–Crippen LogP) is 2.05. The zero-order chi connectivity index (χ0) is 17.6. The van der Waals surface area contributed by atoms with E-state index in [4.69, 9.17) is 0 Å². The molecule has 1 aliphatic rings. The SMILES string of the molecule is C[C@H](C(=O)NCc1ccncc1)N1CCN(c2ccc(F)cc2)CC1. The number of carbonyl (C=O) groups is 1. The van der Waals surface area contributed by atoms with Crippen molar-refractivity contribution >= 4 is 11.6 Å². The van der Waals surface area contributed by atoms with Crippen molar-refractivity contribution in [3.05, 3.63) is 60.2 Å². The Hall–Kier alpha value is -2.47. The highest BCUT2D eigenvalue weighted by atomic mass is 19.1. The first kappa shape index (κ1) is 17.4.